The van der Waals surface area contributed by atoms with Gasteiger partial charge in [-0.05, 0) is 38.7 Å². The molecule has 0 spiro atoms. The molecule has 1 aliphatic heterocycles. The summed E-state index contributed by atoms with van der Waals surface area (Å²) in [5.41, 5.74) is 2.10. The highest BCUT2D eigenvalue weighted by molar-refractivity contribution is 14.0. The van der Waals surface area contributed by atoms with Crippen LogP contribution >= 0.6 is 24.0 Å². The number of aliphatic imine (C=N–C) groups is 1. The zero-order valence-electron chi connectivity index (χ0n) is 14.6. The van der Waals surface area contributed by atoms with Crippen molar-refractivity contribution in [3.63, 3.8) is 0 Å². The van der Waals surface area contributed by atoms with Gasteiger partial charge in [-0.25, -0.2) is 0 Å². The van der Waals surface area contributed by atoms with E-state index in [-0.39, 0.29) is 35.8 Å². The lowest BCUT2D eigenvalue weighted by Crippen LogP contribution is -2.41. The van der Waals surface area contributed by atoms with Gasteiger partial charge in [-0.15, -0.1) is 24.0 Å². The van der Waals surface area contributed by atoms with Gasteiger partial charge < -0.3 is 20.9 Å². The first kappa shape index (κ1) is 20.7. The Balaban J connectivity index is 0.00000288. The zero-order chi connectivity index (χ0) is 16.7. The van der Waals surface area contributed by atoms with Gasteiger partial charge in [-0.1, -0.05) is 18.2 Å². The minimum Gasteiger partial charge on any atom is -0.356 e. The number of benzene rings is 1. The monoisotopic (exact) mass is 445 g/mol. The second kappa shape index (κ2) is 10.5. The molecule has 1 aliphatic rings. The number of para-hydroxylation sites is 1. The molecule has 0 saturated heterocycles. The third-order valence-electron chi connectivity index (χ3n) is 3.92. The average Bonchev–Trinajstić information content (AvgIpc) is 2.53. The molecule has 1 aromatic rings. The first-order valence-corrected chi connectivity index (χ1v) is 8.08. The molecule has 6 nitrogen and oxygen atoms in total. The van der Waals surface area contributed by atoms with Gasteiger partial charge in [0, 0.05) is 38.2 Å². The Bertz CT molecular complexity index is 562. The Morgan fingerprint density at radius 3 is 2.79 bits per heavy atom. The summed E-state index contributed by atoms with van der Waals surface area (Å²) in [4.78, 5) is 18.2. The molecule has 3 N–H and O–H groups in total. The Labute approximate surface area is 161 Å². The van der Waals surface area contributed by atoms with Crippen LogP contribution in [-0.2, 0) is 4.79 Å². The van der Waals surface area contributed by atoms with Gasteiger partial charge in [0.15, 0.2) is 5.96 Å². The van der Waals surface area contributed by atoms with Crippen molar-refractivity contribution in [2.45, 2.75) is 18.8 Å². The van der Waals surface area contributed by atoms with E-state index in [1.807, 2.05) is 18.2 Å². The summed E-state index contributed by atoms with van der Waals surface area (Å²) in [7, 11) is 5.90. The fraction of sp³-hybridized carbons (Fsp3) is 0.529. The van der Waals surface area contributed by atoms with E-state index in [9.17, 15) is 4.79 Å². The van der Waals surface area contributed by atoms with Gasteiger partial charge in [0.2, 0.25) is 5.91 Å². The predicted octanol–water partition coefficient (Wildman–Crippen LogP) is 1.85. The largest absolute Gasteiger partial charge is 0.356 e. The number of fused-ring (bicyclic) bond motifs is 1. The number of carbonyl (C=O) groups excluding carboxylic acids is 1. The third kappa shape index (κ3) is 6.27. The van der Waals surface area contributed by atoms with Crippen molar-refractivity contribution in [1.29, 1.82) is 0 Å². The maximum absolute atomic E-state index is 11.8. The summed E-state index contributed by atoms with van der Waals surface area (Å²) in [6, 6.07) is 7.99. The van der Waals surface area contributed by atoms with E-state index in [1.54, 1.807) is 7.05 Å². The highest BCUT2D eigenvalue weighted by Crippen LogP contribution is 2.31. The zero-order valence-corrected chi connectivity index (χ0v) is 17.0. The van der Waals surface area contributed by atoms with E-state index in [0.29, 0.717) is 13.0 Å². The highest BCUT2D eigenvalue weighted by Gasteiger charge is 2.24. The summed E-state index contributed by atoms with van der Waals surface area (Å²) in [6.07, 6.45) is 1.56. The van der Waals surface area contributed by atoms with Gasteiger partial charge in [-0.2, -0.15) is 0 Å². The standard InChI is InChI=1S/C17H27N5O.HI/c1-18-17(19-9-6-10-22(2)3)20-12-13-11-16(23)21-15-8-5-4-7-14(13)15;/h4-5,7-8,13H,6,9-12H2,1-3H3,(H,21,23)(H2,18,19,20);1H. The molecule has 7 heteroatoms. The summed E-state index contributed by atoms with van der Waals surface area (Å²) in [6.45, 7) is 2.61. The molecule has 1 aromatic carbocycles. The lowest BCUT2D eigenvalue weighted by atomic mass is 9.90. The molecule has 1 atom stereocenters. The molecule has 24 heavy (non-hydrogen) atoms. The van der Waals surface area contributed by atoms with Crippen molar-refractivity contribution in [2.24, 2.45) is 4.99 Å². The average molecular weight is 445 g/mol. The van der Waals surface area contributed by atoms with Crippen LogP contribution in [0.4, 0.5) is 5.69 Å². The molecular weight excluding hydrogens is 417 g/mol. The molecule has 2 rings (SSSR count). The first-order chi connectivity index (χ1) is 11.1. The van der Waals surface area contributed by atoms with Gasteiger partial charge in [0.25, 0.3) is 0 Å². The molecule has 0 saturated carbocycles. The normalized spacial score (nSPS) is 16.9. The van der Waals surface area contributed by atoms with E-state index in [4.69, 9.17) is 0 Å². The molecule has 0 fully saturated rings. The van der Waals surface area contributed by atoms with Crippen molar-refractivity contribution < 1.29 is 4.79 Å². The molecule has 0 aliphatic carbocycles. The molecule has 0 radical (unpaired) electrons. The molecule has 1 heterocycles. The third-order valence-corrected chi connectivity index (χ3v) is 3.92. The Morgan fingerprint density at radius 2 is 2.08 bits per heavy atom. The number of anilines is 1. The predicted molar refractivity (Wildman–Crippen MR) is 110 cm³/mol. The number of guanidine groups is 1. The van der Waals surface area contributed by atoms with Crippen LogP contribution in [0.5, 0.6) is 0 Å². The van der Waals surface area contributed by atoms with Crippen molar-refractivity contribution in [3.05, 3.63) is 29.8 Å². The maximum atomic E-state index is 11.8. The fourth-order valence-electron chi connectivity index (χ4n) is 2.73. The molecule has 1 amide bonds. The lowest BCUT2D eigenvalue weighted by molar-refractivity contribution is -0.116. The second-order valence-corrected chi connectivity index (χ2v) is 6.07. The number of amides is 1. The van der Waals surface area contributed by atoms with Crippen LogP contribution in [-0.4, -0.2) is 57.5 Å². The SMILES string of the molecule is CN=C(NCCCN(C)C)NCC1CC(=O)Nc2ccccc21.I. The van der Waals surface area contributed by atoms with E-state index >= 15 is 0 Å². The quantitative estimate of drug-likeness (QED) is 0.271. The second-order valence-electron chi connectivity index (χ2n) is 6.07. The summed E-state index contributed by atoms with van der Waals surface area (Å²) in [5.74, 6) is 1.02. The first-order valence-electron chi connectivity index (χ1n) is 8.08. The number of nitrogens with one attached hydrogen (secondary N) is 3. The Kier molecular flexibility index (Phi) is 9.05. The summed E-state index contributed by atoms with van der Waals surface area (Å²) in [5, 5.41) is 9.57. The van der Waals surface area contributed by atoms with Crippen LogP contribution < -0.4 is 16.0 Å². The lowest BCUT2D eigenvalue weighted by Gasteiger charge is -2.26. The van der Waals surface area contributed by atoms with E-state index in [1.165, 1.54) is 5.56 Å². The Hall–Kier alpha value is -1.35. The highest BCUT2D eigenvalue weighted by atomic mass is 127. The number of hydrogen-bond acceptors (Lipinski definition) is 3. The summed E-state index contributed by atoms with van der Waals surface area (Å²) < 4.78 is 0. The fourth-order valence-corrected chi connectivity index (χ4v) is 2.73. The van der Waals surface area contributed by atoms with Crippen molar-refractivity contribution in [3.8, 4) is 0 Å². The molecular formula is C17H28IN5O. The van der Waals surface area contributed by atoms with E-state index in [2.05, 4.69) is 46.0 Å². The van der Waals surface area contributed by atoms with Crippen LogP contribution in [0.15, 0.2) is 29.3 Å². The number of hydrogen-bond donors (Lipinski definition) is 3. The summed E-state index contributed by atoms with van der Waals surface area (Å²) >= 11 is 0. The van der Waals surface area contributed by atoms with Gasteiger partial charge in [-0.3, -0.25) is 9.79 Å². The van der Waals surface area contributed by atoms with Gasteiger partial charge in [0.1, 0.15) is 0 Å². The minimum atomic E-state index is 0. The van der Waals surface area contributed by atoms with Crippen LogP contribution in [0.2, 0.25) is 0 Å². The van der Waals surface area contributed by atoms with Crippen LogP contribution in [0.25, 0.3) is 0 Å². The topological polar surface area (TPSA) is 68.8 Å². The molecule has 0 bridgehead atoms. The number of nitrogens with zero attached hydrogens (tertiary/aromatic N) is 2. The van der Waals surface area contributed by atoms with Crippen molar-refractivity contribution >= 4 is 41.5 Å². The number of halogens is 1. The molecule has 1 unspecified atom stereocenters. The molecule has 134 valence electrons. The van der Waals surface area contributed by atoms with Gasteiger partial charge in [0.05, 0.1) is 0 Å². The van der Waals surface area contributed by atoms with Crippen LogP contribution in [0, 0.1) is 0 Å². The maximum Gasteiger partial charge on any atom is 0.225 e. The number of carbonyl (C=O) groups is 1. The Morgan fingerprint density at radius 1 is 1.33 bits per heavy atom. The van der Waals surface area contributed by atoms with Crippen LogP contribution in [0.1, 0.15) is 24.3 Å². The molecule has 0 aromatic heterocycles. The van der Waals surface area contributed by atoms with E-state index < -0.39 is 0 Å². The minimum absolute atomic E-state index is 0. The number of rotatable bonds is 6. The van der Waals surface area contributed by atoms with Crippen LogP contribution in [0.3, 0.4) is 0 Å². The smallest absolute Gasteiger partial charge is 0.225 e. The van der Waals surface area contributed by atoms with Gasteiger partial charge >= 0.3 is 0 Å². The van der Waals surface area contributed by atoms with E-state index in [0.717, 1.165) is 31.2 Å². The van der Waals surface area contributed by atoms with Crippen molar-refractivity contribution in [1.82, 2.24) is 15.5 Å². The van der Waals surface area contributed by atoms with Crippen molar-refractivity contribution in [2.75, 3.05) is 46.1 Å².